The summed E-state index contributed by atoms with van der Waals surface area (Å²) < 4.78 is 17.1. The second kappa shape index (κ2) is 7.93. The fourth-order valence-corrected chi connectivity index (χ4v) is 4.99. The third-order valence-corrected chi connectivity index (χ3v) is 6.57. The molecule has 1 N–H and O–H groups in total. The molecule has 6 rings (SSSR count). The largest absolute Gasteiger partial charge is 0.331 e. The molecule has 0 saturated heterocycles. The van der Waals surface area contributed by atoms with Crippen molar-refractivity contribution in [2.45, 2.75) is 6.54 Å². The number of pyridine rings is 1. The number of hydrogen-bond donors (Lipinski definition) is 1. The molecule has 34 heavy (non-hydrogen) atoms. The van der Waals surface area contributed by atoms with E-state index in [9.17, 15) is 14.0 Å². The summed E-state index contributed by atoms with van der Waals surface area (Å²) in [6.07, 6.45) is 1.83. The highest BCUT2D eigenvalue weighted by molar-refractivity contribution is 7.15. The first-order valence-electron chi connectivity index (χ1n) is 10.6. The number of halogens is 1. The Morgan fingerprint density at radius 3 is 2.26 bits per heavy atom. The van der Waals surface area contributed by atoms with Crippen LogP contribution in [0.4, 0.5) is 10.2 Å². The summed E-state index contributed by atoms with van der Waals surface area (Å²) in [5, 5.41) is 6.01. The number of fused-ring (bicyclic) bond motifs is 3. The van der Waals surface area contributed by atoms with Gasteiger partial charge in [0.2, 0.25) is 5.91 Å². The normalized spacial score (nSPS) is 11.4. The lowest BCUT2D eigenvalue weighted by atomic mass is 10.1. The van der Waals surface area contributed by atoms with Crippen LogP contribution in [0.1, 0.15) is 0 Å². The van der Waals surface area contributed by atoms with Gasteiger partial charge in [-0.3, -0.25) is 14.0 Å². The second-order valence-corrected chi connectivity index (χ2v) is 8.74. The van der Waals surface area contributed by atoms with E-state index in [0.29, 0.717) is 43.8 Å². The predicted octanol–water partition coefficient (Wildman–Crippen LogP) is 5.31. The van der Waals surface area contributed by atoms with Crippen molar-refractivity contribution in [2.75, 3.05) is 5.32 Å². The minimum Gasteiger partial charge on any atom is -0.331 e. The van der Waals surface area contributed by atoms with Crippen LogP contribution in [0.15, 0.2) is 89.2 Å². The van der Waals surface area contributed by atoms with E-state index >= 15 is 0 Å². The van der Waals surface area contributed by atoms with E-state index in [1.165, 1.54) is 23.5 Å². The van der Waals surface area contributed by atoms with Crippen LogP contribution >= 0.6 is 11.3 Å². The number of imidazole rings is 1. The van der Waals surface area contributed by atoms with Crippen molar-refractivity contribution in [3.63, 3.8) is 0 Å². The molecule has 6 aromatic rings. The van der Waals surface area contributed by atoms with Crippen molar-refractivity contribution in [1.82, 2.24) is 14.0 Å². The van der Waals surface area contributed by atoms with Gasteiger partial charge in [-0.15, -0.1) is 11.3 Å². The van der Waals surface area contributed by atoms with Crippen LogP contribution in [0.2, 0.25) is 0 Å². The predicted molar refractivity (Wildman–Crippen MR) is 133 cm³/mol. The van der Waals surface area contributed by atoms with Crippen molar-refractivity contribution < 1.29 is 9.18 Å². The zero-order chi connectivity index (χ0) is 23.2. The molecule has 0 fully saturated rings. The van der Waals surface area contributed by atoms with E-state index in [4.69, 9.17) is 0 Å². The molecule has 0 radical (unpaired) electrons. The van der Waals surface area contributed by atoms with Crippen LogP contribution in [0.25, 0.3) is 38.0 Å². The Bertz CT molecular complexity index is 1710. The van der Waals surface area contributed by atoms with Crippen molar-refractivity contribution >= 4 is 49.8 Å². The lowest BCUT2D eigenvalue weighted by molar-refractivity contribution is -0.116. The Hall–Kier alpha value is -4.30. The number of nitrogens with zero attached hydrogens (tertiary/aromatic N) is 3. The highest BCUT2D eigenvalue weighted by Gasteiger charge is 2.19. The number of carbonyl (C=O) groups is 1. The Kier molecular flexibility index (Phi) is 4.74. The molecule has 3 aromatic carbocycles. The highest BCUT2D eigenvalue weighted by Crippen LogP contribution is 2.31. The number of hydrogen-bond acceptors (Lipinski definition) is 4. The van der Waals surface area contributed by atoms with Crippen LogP contribution in [-0.2, 0) is 11.3 Å². The first-order valence-corrected chi connectivity index (χ1v) is 11.5. The molecule has 0 aliphatic carbocycles. The van der Waals surface area contributed by atoms with E-state index in [1.54, 1.807) is 24.3 Å². The van der Waals surface area contributed by atoms with Gasteiger partial charge >= 0.3 is 0 Å². The minimum atomic E-state index is -0.340. The summed E-state index contributed by atoms with van der Waals surface area (Å²) >= 11 is 1.44. The smallest absolute Gasteiger partial charge is 0.245 e. The number of benzene rings is 3. The second-order valence-electron chi connectivity index (χ2n) is 7.87. The monoisotopic (exact) mass is 468 g/mol. The summed E-state index contributed by atoms with van der Waals surface area (Å²) in [5.41, 5.74) is 2.59. The molecular formula is C26H17FN4O2S. The Morgan fingerprint density at radius 2 is 1.59 bits per heavy atom. The first-order chi connectivity index (χ1) is 16.6. The molecule has 3 heterocycles. The molecule has 0 spiro atoms. The molecule has 8 heteroatoms. The number of para-hydroxylation sites is 2. The molecule has 166 valence electrons. The summed E-state index contributed by atoms with van der Waals surface area (Å²) in [6.45, 7) is 0.00152. The molecule has 3 aromatic heterocycles. The third-order valence-electron chi connectivity index (χ3n) is 5.82. The van der Waals surface area contributed by atoms with E-state index in [2.05, 4.69) is 10.3 Å². The summed E-state index contributed by atoms with van der Waals surface area (Å²) in [6, 6.07) is 20.6. The molecular weight excluding hydrogens is 451 g/mol. The quantitative estimate of drug-likeness (QED) is 0.357. The Labute approximate surface area is 196 Å². The van der Waals surface area contributed by atoms with Crippen molar-refractivity contribution in [1.29, 1.82) is 0 Å². The van der Waals surface area contributed by atoms with Gasteiger partial charge < -0.3 is 9.88 Å². The molecule has 0 aliphatic heterocycles. The van der Waals surface area contributed by atoms with Gasteiger partial charge in [0.1, 0.15) is 23.9 Å². The zero-order valence-electron chi connectivity index (χ0n) is 17.7. The number of aromatic nitrogens is 3. The van der Waals surface area contributed by atoms with Crippen LogP contribution in [0.3, 0.4) is 0 Å². The maximum atomic E-state index is 13.5. The van der Waals surface area contributed by atoms with Crippen LogP contribution < -0.4 is 10.7 Å². The van der Waals surface area contributed by atoms with Crippen molar-refractivity contribution in [3.05, 3.63) is 100 Å². The average Bonchev–Trinajstić information content (AvgIpc) is 3.45. The maximum Gasteiger partial charge on any atom is 0.245 e. The first kappa shape index (κ1) is 20.3. The molecule has 0 aliphatic rings. The highest BCUT2D eigenvalue weighted by atomic mass is 32.1. The van der Waals surface area contributed by atoms with Crippen LogP contribution in [0, 0.1) is 5.82 Å². The van der Waals surface area contributed by atoms with Crippen molar-refractivity contribution in [2.24, 2.45) is 0 Å². The van der Waals surface area contributed by atoms with Gasteiger partial charge in [0, 0.05) is 27.9 Å². The van der Waals surface area contributed by atoms with Gasteiger partial charge in [0.25, 0.3) is 0 Å². The molecule has 1 amide bonds. The third kappa shape index (κ3) is 3.27. The Balaban J connectivity index is 1.44. The maximum absolute atomic E-state index is 13.5. The van der Waals surface area contributed by atoms with Gasteiger partial charge in [-0.25, -0.2) is 9.37 Å². The SMILES string of the molecule is O=C(Cn1c2ccccc2c(=O)c2ccccc21)Nc1c(-c2ccc(F)cc2)nc2sccn12. The standard InChI is InChI=1S/C26H17FN4O2S/c27-17-11-9-16(10-12-17)23-25(30-13-14-34-26(30)29-23)28-22(32)15-31-20-7-3-1-5-18(20)24(33)19-6-2-4-8-21(19)31/h1-14H,15H2,(H,28,32). The van der Waals surface area contributed by atoms with Gasteiger partial charge in [0.05, 0.1) is 11.0 Å². The number of rotatable bonds is 4. The fraction of sp³-hybridized carbons (Fsp3) is 0.0385. The fourth-order valence-electron chi connectivity index (χ4n) is 4.28. The van der Waals surface area contributed by atoms with Gasteiger partial charge in [-0.1, -0.05) is 24.3 Å². The summed E-state index contributed by atoms with van der Waals surface area (Å²) in [4.78, 5) is 31.7. The molecule has 0 bridgehead atoms. The van der Waals surface area contributed by atoms with Crippen LogP contribution in [-0.4, -0.2) is 19.9 Å². The number of amides is 1. The van der Waals surface area contributed by atoms with E-state index < -0.39 is 0 Å². The van der Waals surface area contributed by atoms with Gasteiger partial charge in [-0.2, -0.15) is 0 Å². The summed E-state index contributed by atoms with van der Waals surface area (Å²) in [7, 11) is 0. The van der Waals surface area contributed by atoms with E-state index in [1.807, 2.05) is 56.9 Å². The number of nitrogens with one attached hydrogen (secondary N) is 1. The minimum absolute atomic E-state index is 0.00152. The lowest BCUT2D eigenvalue weighted by Gasteiger charge is -2.15. The molecule has 6 nitrogen and oxygen atoms in total. The zero-order valence-corrected chi connectivity index (χ0v) is 18.6. The number of carbonyl (C=O) groups excluding carboxylic acids is 1. The molecule has 0 unspecified atom stereocenters. The topological polar surface area (TPSA) is 68.4 Å². The van der Waals surface area contributed by atoms with Gasteiger partial charge in [-0.05, 0) is 48.5 Å². The van der Waals surface area contributed by atoms with E-state index in [0.717, 1.165) is 0 Å². The number of anilines is 1. The summed E-state index contributed by atoms with van der Waals surface area (Å²) in [5.74, 6) is -0.0924. The average molecular weight is 469 g/mol. The molecule has 0 atom stereocenters. The lowest BCUT2D eigenvalue weighted by Crippen LogP contribution is -2.22. The Morgan fingerprint density at radius 1 is 0.941 bits per heavy atom. The van der Waals surface area contributed by atoms with Crippen LogP contribution in [0.5, 0.6) is 0 Å². The molecule has 0 saturated carbocycles. The van der Waals surface area contributed by atoms with Crippen molar-refractivity contribution in [3.8, 4) is 11.3 Å². The number of thiazole rings is 1. The van der Waals surface area contributed by atoms with E-state index in [-0.39, 0.29) is 23.7 Å². The van der Waals surface area contributed by atoms with Gasteiger partial charge in [0.15, 0.2) is 10.4 Å².